The first-order valence-electron chi connectivity index (χ1n) is 12.1. The number of ether oxygens (including phenoxy) is 2. The summed E-state index contributed by atoms with van der Waals surface area (Å²) in [4.78, 5) is 53.2. The van der Waals surface area contributed by atoms with E-state index in [0.29, 0.717) is 5.56 Å². The third-order valence-electron chi connectivity index (χ3n) is 5.88. The van der Waals surface area contributed by atoms with Gasteiger partial charge in [0.2, 0.25) is 11.8 Å². The van der Waals surface area contributed by atoms with Crippen molar-refractivity contribution in [3.63, 3.8) is 0 Å². The fourth-order valence-corrected chi connectivity index (χ4v) is 3.81. The number of hydrogen-bond donors (Lipinski definition) is 2. The van der Waals surface area contributed by atoms with Gasteiger partial charge in [0, 0.05) is 6.04 Å². The second-order valence-corrected chi connectivity index (χ2v) is 10.3. The third-order valence-corrected chi connectivity index (χ3v) is 5.88. The van der Waals surface area contributed by atoms with Crippen LogP contribution >= 0.6 is 0 Å². The molecule has 35 heavy (non-hydrogen) atoms. The molecule has 1 fully saturated rings. The van der Waals surface area contributed by atoms with E-state index in [0.717, 1.165) is 24.8 Å². The van der Waals surface area contributed by atoms with Crippen LogP contribution < -0.4 is 10.6 Å². The summed E-state index contributed by atoms with van der Waals surface area (Å²) in [6.45, 7) is 10.5. The molecule has 9 heteroatoms. The Hall–Kier alpha value is -3.10. The molecular formula is C26H39N3O6. The van der Waals surface area contributed by atoms with Crippen molar-refractivity contribution in [3.8, 4) is 0 Å². The minimum Gasteiger partial charge on any atom is -0.468 e. The maximum absolute atomic E-state index is 14.0. The van der Waals surface area contributed by atoms with Gasteiger partial charge in [-0.1, -0.05) is 43.7 Å². The largest absolute Gasteiger partial charge is 0.468 e. The van der Waals surface area contributed by atoms with Crippen LogP contribution in [0.4, 0.5) is 4.79 Å². The Balaban J connectivity index is 2.44. The van der Waals surface area contributed by atoms with Crippen LogP contribution in [0.15, 0.2) is 24.3 Å². The van der Waals surface area contributed by atoms with Gasteiger partial charge in [-0.2, -0.15) is 0 Å². The van der Waals surface area contributed by atoms with Crippen molar-refractivity contribution in [1.29, 1.82) is 0 Å². The molecule has 0 aromatic heterocycles. The molecule has 1 aliphatic carbocycles. The van der Waals surface area contributed by atoms with Crippen molar-refractivity contribution in [1.82, 2.24) is 15.5 Å². The molecule has 2 atom stereocenters. The van der Waals surface area contributed by atoms with Crippen molar-refractivity contribution < 1.29 is 28.7 Å². The molecule has 9 nitrogen and oxygen atoms in total. The van der Waals surface area contributed by atoms with Gasteiger partial charge in [-0.05, 0) is 58.4 Å². The van der Waals surface area contributed by atoms with Crippen LogP contribution in [0.25, 0.3) is 0 Å². The van der Waals surface area contributed by atoms with Crippen LogP contribution in [0, 0.1) is 12.8 Å². The highest BCUT2D eigenvalue weighted by atomic mass is 16.6. The molecular weight excluding hydrogens is 450 g/mol. The Morgan fingerprint density at radius 1 is 1.09 bits per heavy atom. The highest BCUT2D eigenvalue weighted by Gasteiger charge is 2.42. The van der Waals surface area contributed by atoms with E-state index in [-0.39, 0.29) is 24.4 Å². The van der Waals surface area contributed by atoms with Gasteiger partial charge in [0.15, 0.2) is 0 Å². The van der Waals surface area contributed by atoms with Crippen LogP contribution in [-0.4, -0.2) is 60.1 Å². The van der Waals surface area contributed by atoms with E-state index in [9.17, 15) is 19.2 Å². The average molecular weight is 490 g/mol. The lowest BCUT2D eigenvalue weighted by atomic mass is 9.87. The molecule has 1 saturated carbocycles. The lowest BCUT2D eigenvalue weighted by Crippen LogP contribution is -2.59. The molecule has 2 rings (SSSR count). The minimum absolute atomic E-state index is 0.167. The van der Waals surface area contributed by atoms with Crippen LogP contribution in [0.1, 0.15) is 71.0 Å². The van der Waals surface area contributed by atoms with Crippen LogP contribution in [0.2, 0.25) is 0 Å². The summed E-state index contributed by atoms with van der Waals surface area (Å²) in [6, 6.07) is 5.33. The van der Waals surface area contributed by atoms with Gasteiger partial charge in [0.05, 0.1) is 7.11 Å². The molecule has 0 heterocycles. The number of alkyl carbamates (subject to hydrolysis) is 1. The van der Waals surface area contributed by atoms with Gasteiger partial charge in [0.1, 0.15) is 24.2 Å². The van der Waals surface area contributed by atoms with Gasteiger partial charge in [-0.3, -0.25) is 14.4 Å². The molecule has 0 aliphatic heterocycles. The molecule has 0 saturated heterocycles. The summed E-state index contributed by atoms with van der Waals surface area (Å²) in [7, 11) is 1.24. The number of carbonyl (C=O) groups is 4. The lowest BCUT2D eigenvalue weighted by Gasteiger charge is -2.44. The van der Waals surface area contributed by atoms with Gasteiger partial charge in [0.25, 0.3) is 0 Å². The average Bonchev–Trinajstić information content (AvgIpc) is 2.73. The Kier molecular flexibility index (Phi) is 9.68. The summed E-state index contributed by atoms with van der Waals surface area (Å²) in [6.07, 6.45) is 1.73. The molecule has 0 spiro atoms. The predicted molar refractivity (Wildman–Crippen MR) is 131 cm³/mol. The van der Waals surface area contributed by atoms with Crippen LogP contribution in [0.3, 0.4) is 0 Å². The SMILES string of the molecule is COC(=O)CNC(=O)C(c1ccc(C)cc1)N(C(=O)C(NC(=O)OC(C)(C)C)C(C)C)C1CCC1. The summed E-state index contributed by atoms with van der Waals surface area (Å²) in [5.74, 6) is -1.70. The van der Waals surface area contributed by atoms with Crippen molar-refractivity contribution in [2.24, 2.45) is 5.92 Å². The fourth-order valence-electron chi connectivity index (χ4n) is 3.81. The smallest absolute Gasteiger partial charge is 0.408 e. The first kappa shape index (κ1) is 28.1. The highest BCUT2D eigenvalue weighted by Crippen LogP contribution is 2.34. The third kappa shape index (κ3) is 7.97. The number of carbonyl (C=O) groups excluding carboxylic acids is 4. The quantitative estimate of drug-likeness (QED) is 0.515. The van der Waals surface area contributed by atoms with Gasteiger partial charge < -0.3 is 25.0 Å². The molecule has 2 N–H and O–H groups in total. The van der Waals surface area contributed by atoms with Gasteiger partial charge >= 0.3 is 12.1 Å². The predicted octanol–water partition coefficient (Wildman–Crippen LogP) is 3.26. The molecule has 194 valence electrons. The number of amides is 3. The number of aryl methyl sites for hydroxylation is 1. The number of nitrogens with zero attached hydrogens (tertiary/aromatic N) is 1. The number of benzene rings is 1. The topological polar surface area (TPSA) is 114 Å². The Morgan fingerprint density at radius 2 is 1.69 bits per heavy atom. The fraction of sp³-hybridized carbons (Fsp3) is 0.615. The van der Waals surface area contributed by atoms with E-state index in [1.165, 1.54) is 7.11 Å². The van der Waals surface area contributed by atoms with Crippen molar-refractivity contribution in [3.05, 3.63) is 35.4 Å². The number of nitrogens with one attached hydrogen (secondary N) is 2. The second kappa shape index (κ2) is 12.0. The van der Waals surface area contributed by atoms with Gasteiger partial charge in [-0.15, -0.1) is 0 Å². The Labute approximate surface area is 207 Å². The van der Waals surface area contributed by atoms with E-state index < -0.39 is 35.7 Å². The normalized spacial score (nSPS) is 15.4. The van der Waals surface area contributed by atoms with Crippen molar-refractivity contribution in [2.75, 3.05) is 13.7 Å². The summed E-state index contributed by atoms with van der Waals surface area (Å²) < 4.78 is 10.0. The molecule has 0 radical (unpaired) electrons. The monoisotopic (exact) mass is 489 g/mol. The minimum atomic E-state index is -0.972. The standard InChI is InChI=1S/C26H39N3O6/c1-16(2)21(28-25(33)35-26(4,5)6)24(32)29(19-9-8-10-19)22(18-13-11-17(3)12-14-18)23(31)27-15-20(30)34-7/h11-14,16,19,21-22H,8-10,15H2,1-7H3,(H,27,31)(H,28,33). The maximum atomic E-state index is 14.0. The number of methoxy groups -OCH3 is 1. The van der Waals surface area contributed by atoms with Crippen LogP contribution in [0.5, 0.6) is 0 Å². The van der Waals surface area contributed by atoms with Crippen molar-refractivity contribution in [2.45, 2.75) is 84.5 Å². The zero-order valence-corrected chi connectivity index (χ0v) is 21.8. The van der Waals surface area contributed by atoms with Crippen LogP contribution in [-0.2, 0) is 23.9 Å². The molecule has 2 unspecified atom stereocenters. The lowest BCUT2D eigenvalue weighted by molar-refractivity contribution is -0.149. The van der Waals surface area contributed by atoms with E-state index in [1.54, 1.807) is 25.7 Å². The maximum Gasteiger partial charge on any atom is 0.408 e. The van der Waals surface area contributed by atoms with E-state index in [4.69, 9.17) is 4.74 Å². The van der Waals surface area contributed by atoms with Gasteiger partial charge in [-0.25, -0.2) is 4.79 Å². The molecule has 0 bridgehead atoms. The highest BCUT2D eigenvalue weighted by molar-refractivity contribution is 5.93. The van der Waals surface area contributed by atoms with E-state index >= 15 is 0 Å². The van der Waals surface area contributed by atoms with Crippen molar-refractivity contribution >= 4 is 23.9 Å². The first-order chi connectivity index (χ1) is 16.3. The molecule has 1 aromatic carbocycles. The zero-order chi connectivity index (χ0) is 26.3. The molecule has 3 amide bonds. The number of esters is 1. The Morgan fingerprint density at radius 3 is 2.14 bits per heavy atom. The molecule has 1 aromatic rings. The van der Waals surface area contributed by atoms with E-state index in [2.05, 4.69) is 15.4 Å². The Bertz CT molecular complexity index is 903. The molecule has 1 aliphatic rings. The summed E-state index contributed by atoms with van der Waals surface area (Å²) in [5.41, 5.74) is 0.911. The number of rotatable bonds is 9. The first-order valence-corrected chi connectivity index (χ1v) is 12.1. The second-order valence-electron chi connectivity index (χ2n) is 10.3. The summed E-state index contributed by atoms with van der Waals surface area (Å²) in [5, 5.41) is 5.32. The van der Waals surface area contributed by atoms with E-state index in [1.807, 2.05) is 45.0 Å². The zero-order valence-electron chi connectivity index (χ0n) is 21.8. The summed E-state index contributed by atoms with van der Waals surface area (Å²) >= 11 is 0. The number of hydrogen-bond acceptors (Lipinski definition) is 6.